The predicted octanol–water partition coefficient (Wildman–Crippen LogP) is 3.02. The number of allylic oxidation sites excluding steroid dienone is 2. The average Bonchev–Trinajstić information content (AvgIpc) is 3.18. The third-order valence-electron chi connectivity index (χ3n) is 4.13. The van der Waals surface area contributed by atoms with Crippen LogP contribution in [0.25, 0.3) is 0 Å². The van der Waals surface area contributed by atoms with E-state index in [9.17, 15) is 9.59 Å². The zero-order valence-electron chi connectivity index (χ0n) is 14.7. The minimum absolute atomic E-state index is 0.0814. The summed E-state index contributed by atoms with van der Waals surface area (Å²) in [6, 6.07) is 3.60. The monoisotopic (exact) mass is 355 g/mol. The molecule has 2 aromatic rings. The highest BCUT2D eigenvalue weighted by Gasteiger charge is 2.22. The van der Waals surface area contributed by atoms with Crippen LogP contribution in [0.2, 0.25) is 0 Å². The van der Waals surface area contributed by atoms with E-state index in [0.717, 1.165) is 31.4 Å². The van der Waals surface area contributed by atoms with E-state index >= 15 is 0 Å². The molecule has 0 radical (unpaired) electrons. The number of ether oxygens (including phenoxy) is 1. The molecule has 0 N–H and O–H groups in total. The Kier molecular flexibility index (Phi) is 5.78. The van der Waals surface area contributed by atoms with Crippen molar-refractivity contribution >= 4 is 11.9 Å². The fraction of sp³-hybridized carbons (Fsp3) is 0.368. The lowest BCUT2D eigenvalue weighted by Crippen LogP contribution is -2.34. The molecule has 2 heterocycles. The average molecular weight is 355 g/mol. The molecule has 26 heavy (non-hydrogen) atoms. The summed E-state index contributed by atoms with van der Waals surface area (Å²) in [7, 11) is 0. The number of aromatic nitrogens is 2. The summed E-state index contributed by atoms with van der Waals surface area (Å²) in [5.74, 6) is -0.273. The first-order valence-corrected chi connectivity index (χ1v) is 8.61. The Morgan fingerprint density at radius 2 is 2.15 bits per heavy atom. The molecule has 0 atom stereocenters. The first-order chi connectivity index (χ1) is 12.6. The largest absolute Gasteiger partial charge is 0.467 e. The summed E-state index contributed by atoms with van der Waals surface area (Å²) >= 11 is 0. The number of rotatable bonds is 6. The molecular formula is C19H21N3O4. The van der Waals surface area contributed by atoms with E-state index < -0.39 is 5.97 Å². The third kappa shape index (κ3) is 4.56. The molecule has 1 aliphatic carbocycles. The highest BCUT2D eigenvalue weighted by Crippen LogP contribution is 2.23. The van der Waals surface area contributed by atoms with Gasteiger partial charge in [-0.15, -0.1) is 0 Å². The maximum absolute atomic E-state index is 12.7. The zero-order valence-corrected chi connectivity index (χ0v) is 14.7. The van der Waals surface area contributed by atoms with Gasteiger partial charge in [0.25, 0.3) is 5.91 Å². The van der Waals surface area contributed by atoms with E-state index in [4.69, 9.17) is 9.15 Å². The summed E-state index contributed by atoms with van der Waals surface area (Å²) in [5, 5.41) is 0. The smallest absolute Gasteiger partial charge is 0.359 e. The zero-order chi connectivity index (χ0) is 18.4. The number of nitrogens with zero attached hydrogens (tertiary/aromatic N) is 3. The van der Waals surface area contributed by atoms with Crippen molar-refractivity contribution in [3.8, 4) is 0 Å². The summed E-state index contributed by atoms with van der Waals surface area (Å²) in [4.78, 5) is 34.3. The lowest BCUT2D eigenvalue weighted by atomic mass is 10.0. The number of hydrogen-bond acceptors (Lipinski definition) is 6. The molecule has 136 valence electrons. The molecule has 0 saturated heterocycles. The van der Waals surface area contributed by atoms with Crippen molar-refractivity contribution in [2.24, 2.45) is 0 Å². The molecule has 0 fully saturated rings. The minimum Gasteiger partial charge on any atom is -0.467 e. The van der Waals surface area contributed by atoms with Crippen LogP contribution in [0.3, 0.4) is 0 Å². The fourth-order valence-corrected chi connectivity index (χ4v) is 2.75. The number of furan rings is 1. The number of amides is 1. The molecule has 3 rings (SSSR count). The summed E-state index contributed by atoms with van der Waals surface area (Å²) < 4.78 is 10.5. The Hall–Kier alpha value is -2.96. The third-order valence-corrected chi connectivity index (χ3v) is 4.13. The van der Waals surface area contributed by atoms with Crippen LogP contribution in [-0.2, 0) is 16.1 Å². The quantitative estimate of drug-likeness (QED) is 0.741. The molecule has 0 aromatic carbocycles. The van der Waals surface area contributed by atoms with Gasteiger partial charge in [0.15, 0.2) is 12.3 Å². The second-order valence-electron chi connectivity index (χ2n) is 6.12. The maximum Gasteiger partial charge on any atom is 0.359 e. The van der Waals surface area contributed by atoms with E-state index in [0.29, 0.717) is 18.0 Å². The van der Waals surface area contributed by atoms with Crippen molar-refractivity contribution in [3.63, 3.8) is 0 Å². The Balaban J connectivity index is 1.65. The van der Waals surface area contributed by atoms with E-state index in [2.05, 4.69) is 16.0 Å². The normalized spacial score (nSPS) is 13.8. The topological polar surface area (TPSA) is 85.5 Å². The van der Waals surface area contributed by atoms with Crippen molar-refractivity contribution in [1.29, 1.82) is 0 Å². The molecule has 2 aromatic heterocycles. The highest BCUT2D eigenvalue weighted by atomic mass is 16.5. The van der Waals surface area contributed by atoms with Crippen LogP contribution in [-0.4, -0.2) is 33.4 Å². The molecule has 0 unspecified atom stereocenters. The van der Waals surface area contributed by atoms with Gasteiger partial charge in [0, 0.05) is 11.9 Å². The Morgan fingerprint density at radius 3 is 2.81 bits per heavy atom. The van der Waals surface area contributed by atoms with E-state index in [1.54, 1.807) is 24.2 Å². The second kappa shape index (κ2) is 8.42. The number of carbonyl (C=O) groups is 2. The van der Waals surface area contributed by atoms with Crippen LogP contribution in [0.4, 0.5) is 0 Å². The molecule has 7 heteroatoms. The van der Waals surface area contributed by atoms with Crippen LogP contribution < -0.4 is 0 Å². The second-order valence-corrected chi connectivity index (χ2v) is 6.12. The van der Waals surface area contributed by atoms with Gasteiger partial charge in [0.05, 0.1) is 24.7 Å². The van der Waals surface area contributed by atoms with Crippen molar-refractivity contribution in [2.75, 3.05) is 6.61 Å². The Morgan fingerprint density at radius 1 is 1.27 bits per heavy atom. The van der Waals surface area contributed by atoms with Gasteiger partial charge in [-0.1, -0.05) is 6.08 Å². The van der Waals surface area contributed by atoms with Crippen LogP contribution in [0, 0.1) is 6.92 Å². The molecule has 0 bridgehead atoms. The molecule has 0 spiro atoms. The van der Waals surface area contributed by atoms with Gasteiger partial charge in [-0.05, 0) is 44.7 Å². The molecule has 1 aliphatic rings. The first-order valence-electron chi connectivity index (χ1n) is 8.61. The highest BCUT2D eigenvalue weighted by molar-refractivity contribution is 5.89. The van der Waals surface area contributed by atoms with E-state index in [-0.39, 0.29) is 18.2 Å². The van der Waals surface area contributed by atoms with Gasteiger partial charge < -0.3 is 14.1 Å². The molecule has 1 amide bonds. The van der Waals surface area contributed by atoms with Gasteiger partial charge in [-0.25, -0.2) is 9.78 Å². The minimum atomic E-state index is -0.665. The Labute approximate surface area is 151 Å². The number of aryl methyl sites for hydroxylation is 1. The SMILES string of the molecule is Cc1cnc(C(=O)OCC(=O)N(Cc2ccco2)C2=CCCCC2)cn1. The molecular weight excluding hydrogens is 334 g/mol. The molecule has 0 saturated carbocycles. The van der Waals surface area contributed by atoms with Crippen molar-refractivity contribution < 1.29 is 18.7 Å². The van der Waals surface area contributed by atoms with Gasteiger partial charge in [0.2, 0.25) is 0 Å². The van der Waals surface area contributed by atoms with E-state index in [1.807, 2.05) is 6.07 Å². The maximum atomic E-state index is 12.7. The summed E-state index contributed by atoms with van der Waals surface area (Å²) in [6.45, 7) is 1.74. The standard InChI is InChI=1S/C19H21N3O4/c1-14-10-21-17(11-20-14)19(24)26-13-18(23)22(12-16-8-5-9-25-16)15-6-3-2-4-7-15/h5-6,8-11H,2-4,7,12-13H2,1H3. The van der Waals surface area contributed by atoms with Crippen LogP contribution >= 0.6 is 0 Å². The number of hydrogen-bond donors (Lipinski definition) is 0. The van der Waals surface area contributed by atoms with Crippen LogP contribution in [0.1, 0.15) is 47.6 Å². The summed E-state index contributed by atoms with van der Waals surface area (Å²) in [5.41, 5.74) is 1.73. The van der Waals surface area contributed by atoms with Crippen molar-refractivity contribution in [3.05, 3.63) is 59.7 Å². The van der Waals surface area contributed by atoms with Crippen molar-refractivity contribution in [1.82, 2.24) is 14.9 Å². The van der Waals surface area contributed by atoms with Crippen molar-refractivity contribution in [2.45, 2.75) is 39.2 Å². The Bertz CT molecular complexity index is 782. The predicted molar refractivity (Wildman–Crippen MR) is 92.9 cm³/mol. The molecule has 0 aliphatic heterocycles. The summed E-state index contributed by atoms with van der Waals surface area (Å²) in [6.07, 6.45) is 10.4. The lowest BCUT2D eigenvalue weighted by Gasteiger charge is -2.26. The van der Waals surface area contributed by atoms with E-state index in [1.165, 1.54) is 12.4 Å². The number of esters is 1. The van der Waals surface area contributed by atoms with Crippen LogP contribution in [0.15, 0.2) is 47.0 Å². The van der Waals surface area contributed by atoms with Gasteiger partial charge >= 0.3 is 5.97 Å². The molecule has 7 nitrogen and oxygen atoms in total. The number of carbonyl (C=O) groups excluding carboxylic acids is 2. The van der Waals surface area contributed by atoms with Gasteiger partial charge in [0.1, 0.15) is 5.76 Å². The van der Waals surface area contributed by atoms with Gasteiger partial charge in [-0.2, -0.15) is 0 Å². The lowest BCUT2D eigenvalue weighted by molar-refractivity contribution is -0.133. The first kappa shape index (κ1) is 17.8. The van der Waals surface area contributed by atoms with Gasteiger partial charge in [-0.3, -0.25) is 9.78 Å². The van der Waals surface area contributed by atoms with Crippen LogP contribution in [0.5, 0.6) is 0 Å². The fourth-order valence-electron chi connectivity index (χ4n) is 2.75.